The molecule has 1 aliphatic rings. The third-order valence-electron chi connectivity index (χ3n) is 4.61. The van der Waals surface area contributed by atoms with Crippen molar-refractivity contribution in [1.29, 1.82) is 0 Å². The quantitative estimate of drug-likeness (QED) is 0.629. The van der Waals surface area contributed by atoms with Gasteiger partial charge in [0, 0.05) is 17.7 Å². The molecule has 2 aromatic rings. The van der Waals surface area contributed by atoms with E-state index in [1.165, 1.54) is 6.07 Å². The van der Waals surface area contributed by atoms with Gasteiger partial charge in [-0.1, -0.05) is 23.8 Å². The first-order valence-electron chi connectivity index (χ1n) is 8.76. The fraction of sp³-hybridized carbons (Fsp3) is 0.421. The first kappa shape index (κ1) is 19.9. The summed E-state index contributed by atoms with van der Waals surface area (Å²) in [6, 6.07) is 4.22. The van der Waals surface area contributed by atoms with Crippen LogP contribution in [0, 0.1) is 13.8 Å². The molecule has 0 bridgehead atoms. The van der Waals surface area contributed by atoms with Crippen LogP contribution >= 0.6 is 0 Å². The maximum absolute atomic E-state index is 13.3. The lowest BCUT2D eigenvalue weighted by Gasteiger charge is -2.31. The fourth-order valence-electron chi connectivity index (χ4n) is 3.27. The second-order valence-corrected chi connectivity index (χ2v) is 7.02. The van der Waals surface area contributed by atoms with Crippen molar-refractivity contribution in [2.75, 3.05) is 11.9 Å². The lowest BCUT2D eigenvalue weighted by atomic mass is 10.0. The first-order chi connectivity index (χ1) is 13.1. The van der Waals surface area contributed by atoms with E-state index in [9.17, 15) is 22.8 Å². The van der Waals surface area contributed by atoms with E-state index < -0.39 is 36.6 Å². The summed E-state index contributed by atoms with van der Waals surface area (Å²) in [6.07, 6.45) is -4.69. The van der Waals surface area contributed by atoms with Gasteiger partial charge in [-0.2, -0.15) is 18.3 Å². The molecule has 2 atom stereocenters. The van der Waals surface area contributed by atoms with Gasteiger partial charge in [0.25, 0.3) is 0 Å². The maximum Gasteiger partial charge on any atom is 0.410 e. The summed E-state index contributed by atoms with van der Waals surface area (Å²) < 4.78 is 45.5. The van der Waals surface area contributed by atoms with E-state index in [1.807, 2.05) is 13.0 Å². The van der Waals surface area contributed by atoms with E-state index in [0.29, 0.717) is 5.56 Å². The summed E-state index contributed by atoms with van der Waals surface area (Å²) in [4.78, 5) is 24.5. The molecule has 1 aliphatic heterocycles. The van der Waals surface area contributed by atoms with Gasteiger partial charge in [-0.3, -0.25) is 4.79 Å². The maximum atomic E-state index is 13.3. The van der Waals surface area contributed by atoms with Crippen LogP contribution in [0.1, 0.15) is 51.4 Å². The molecule has 3 rings (SSSR count). The highest BCUT2D eigenvalue weighted by Crippen LogP contribution is 2.39. The zero-order valence-electron chi connectivity index (χ0n) is 15.6. The number of nitrogens with zero attached hydrogens (tertiary/aromatic N) is 2. The molecule has 9 heteroatoms. The van der Waals surface area contributed by atoms with Crippen LogP contribution in [0.2, 0.25) is 0 Å². The minimum atomic E-state index is -4.49. The van der Waals surface area contributed by atoms with Crippen molar-refractivity contribution in [3.05, 3.63) is 46.6 Å². The Morgan fingerprint density at radius 1 is 1.29 bits per heavy atom. The molecule has 0 amide bonds. The molecule has 1 N–H and O–H groups in total. The van der Waals surface area contributed by atoms with Crippen LogP contribution in [0.3, 0.4) is 0 Å². The number of Topliss-reactive ketones (excluding diaryl/α,β-unsaturated/α-hetero) is 1. The van der Waals surface area contributed by atoms with Crippen LogP contribution in [0.5, 0.6) is 0 Å². The number of hydrogen-bond acceptors (Lipinski definition) is 5. The van der Waals surface area contributed by atoms with Crippen molar-refractivity contribution in [2.45, 2.75) is 45.5 Å². The van der Waals surface area contributed by atoms with Gasteiger partial charge in [-0.15, -0.1) is 0 Å². The SMILES string of the molecule is Cc1ccc(C(=O)COC(=O)c2cc3n(n2)[C@@H](C(F)(F)F)C[C@@H](C)N3)c(C)c1. The number of ether oxygens (including phenoxy) is 1. The topological polar surface area (TPSA) is 73.2 Å². The minimum Gasteiger partial charge on any atom is -0.453 e. The number of rotatable bonds is 4. The predicted octanol–water partition coefficient (Wildman–Crippen LogP) is 3.85. The highest BCUT2D eigenvalue weighted by Gasteiger charge is 2.45. The summed E-state index contributed by atoms with van der Waals surface area (Å²) in [7, 11) is 0. The molecule has 0 saturated carbocycles. The van der Waals surface area contributed by atoms with E-state index >= 15 is 0 Å². The standard InChI is InChI=1S/C19H20F3N3O3/c1-10-4-5-13(11(2)6-10)15(26)9-28-18(27)14-8-17-23-12(3)7-16(19(20,21)22)25(17)24-14/h4-6,8,12,16,23H,7,9H2,1-3H3/t12-,16-/m1/s1. The number of carbonyl (C=O) groups excluding carboxylic acids is 2. The molecule has 150 valence electrons. The van der Waals surface area contributed by atoms with Crippen molar-refractivity contribution < 1.29 is 27.5 Å². The molecule has 1 aromatic heterocycles. The van der Waals surface area contributed by atoms with Gasteiger partial charge >= 0.3 is 12.1 Å². The third-order valence-corrected chi connectivity index (χ3v) is 4.61. The number of anilines is 1. The van der Waals surface area contributed by atoms with E-state index in [4.69, 9.17) is 4.74 Å². The third kappa shape index (κ3) is 4.02. The zero-order chi connectivity index (χ0) is 20.6. The predicted molar refractivity (Wildman–Crippen MR) is 95.5 cm³/mol. The molecular formula is C19H20F3N3O3. The second-order valence-electron chi connectivity index (χ2n) is 7.02. The smallest absolute Gasteiger partial charge is 0.410 e. The Hall–Kier alpha value is -2.84. The average molecular weight is 395 g/mol. The number of hydrogen-bond donors (Lipinski definition) is 1. The van der Waals surface area contributed by atoms with Crippen molar-refractivity contribution in [3.63, 3.8) is 0 Å². The Bertz CT molecular complexity index is 921. The number of carbonyl (C=O) groups is 2. The highest BCUT2D eigenvalue weighted by atomic mass is 19.4. The Labute approximate surface area is 159 Å². The molecule has 2 heterocycles. The molecule has 1 aromatic carbocycles. The van der Waals surface area contributed by atoms with Gasteiger partial charge in [0.15, 0.2) is 18.3 Å². The summed E-state index contributed by atoms with van der Waals surface area (Å²) in [6.45, 7) is 4.77. The molecular weight excluding hydrogens is 375 g/mol. The largest absolute Gasteiger partial charge is 0.453 e. The number of ketones is 1. The van der Waals surface area contributed by atoms with Crippen molar-refractivity contribution >= 4 is 17.6 Å². The van der Waals surface area contributed by atoms with Crippen LogP contribution in [0.4, 0.5) is 19.0 Å². The number of alkyl halides is 3. The fourth-order valence-corrected chi connectivity index (χ4v) is 3.27. The van der Waals surface area contributed by atoms with Gasteiger partial charge in [0.1, 0.15) is 5.82 Å². The number of aromatic nitrogens is 2. The van der Waals surface area contributed by atoms with Gasteiger partial charge in [0.05, 0.1) is 0 Å². The molecule has 0 saturated heterocycles. The van der Waals surface area contributed by atoms with E-state index in [2.05, 4.69) is 10.4 Å². The Morgan fingerprint density at radius 3 is 2.64 bits per heavy atom. The molecule has 6 nitrogen and oxygen atoms in total. The van der Waals surface area contributed by atoms with Crippen molar-refractivity contribution in [2.24, 2.45) is 0 Å². The summed E-state index contributed by atoms with van der Waals surface area (Å²) >= 11 is 0. The van der Waals surface area contributed by atoms with Gasteiger partial charge < -0.3 is 10.1 Å². The van der Waals surface area contributed by atoms with Gasteiger partial charge in [-0.05, 0) is 32.8 Å². The summed E-state index contributed by atoms with van der Waals surface area (Å²) in [5, 5.41) is 6.63. The van der Waals surface area contributed by atoms with E-state index in [0.717, 1.165) is 15.8 Å². The molecule has 0 fully saturated rings. The number of aryl methyl sites for hydroxylation is 2. The number of esters is 1. The average Bonchev–Trinajstić information content (AvgIpc) is 3.01. The first-order valence-corrected chi connectivity index (χ1v) is 8.76. The minimum absolute atomic E-state index is 0.0914. The lowest BCUT2D eigenvalue weighted by molar-refractivity contribution is -0.173. The second kappa shape index (κ2) is 7.29. The van der Waals surface area contributed by atoms with Crippen molar-refractivity contribution in [1.82, 2.24) is 9.78 Å². The number of benzene rings is 1. The molecule has 0 radical (unpaired) electrons. The Balaban J connectivity index is 1.73. The Kier molecular flexibility index (Phi) is 5.18. The van der Waals surface area contributed by atoms with E-state index in [1.54, 1.807) is 26.0 Å². The lowest BCUT2D eigenvalue weighted by Crippen LogP contribution is -2.37. The normalized spacial score (nSPS) is 18.9. The Morgan fingerprint density at radius 2 is 2.00 bits per heavy atom. The highest BCUT2D eigenvalue weighted by molar-refractivity contribution is 6.00. The van der Waals surface area contributed by atoms with Crippen molar-refractivity contribution in [3.8, 4) is 0 Å². The van der Waals surface area contributed by atoms with Crippen LogP contribution in [0.15, 0.2) is 24.3 Å². The van der Waals surface area contributed by atoms with Crippen LogP contribution in [-0.4, -0.2) is 40.4 Å². The van der Waals surface area contributed by atoms with Gasteiger partial charge in [-0.25, -0.2) is 9.48 Å². The van der Waals surface area contributed by atoms with Crippen LogP contribution in [-0.2, 0) is 4.74 Å². The van der Waals surface area contributed by atoms with E-state index in [-0.39, 0.29) is 17.9 Å². The van der Waals surface area contributed by atoms with Gasteiger partial charge in [0.2, 0.25) is 5.78 Å². The number of nitrogens with one attached hydrogen (secondary N) is 1. The molecule has 0 unspecified atom stereocenters. The summed E-state index contributed by atoms with van der Waals surface area (Å²) in [5.41, 5.74) is 1.90. The zero-order valence-corrected chi connectivity index (χ0v) is 15.6. The number of fused-ring (bicyclic) bond motifs is 1. The molecule has 0 aliphatic carbocycles. The van der Waals surface area contributed by atoms with Crippen LogP contribution < -0.4 is 5.32 Å². The summed E-state index contributed by atoms with van der Waals surface area (Å²) in [5.74, 6) is -1.25. The van der Waals surface area contributed by atoms with Crippen LogP contribution in [0.25, 0.3) is 0 Å². The number of halogens is 3. The molecule has 0 spiro atoms. The molecule has 28 heavy (non-hydrogen) atoms. The monoisotopic (exact) mass is 395 g/mol.